The van der Waals surface area contributed by atoms with E-state index in [1.54, 1.807) is 13.8 Å². The highest BCUT2D eigenvalue weighted by Crippen LogP contribution is 2.68. The van der Waals surface area contributed by atoms with Gasteiger partial charge in [-0.1, -0.05) is 18.2 Å². The van der Waals surface area contributed by atoms with Crippen LogP contribution in [0.15, 0.2) is 40.4 Å². The minimum absolute atomic E-state index is 0.139. The summed E-state index contributed by atoms with van der Waals surface area (Å²) >= 11 is 1.45. The van der Waals surface area contributed by atoms with E-state index in [-0.39, 0.29) is 24.5 Å². The van der Waals surface area contributed by atoms with Crippen LogP contribution in [0.25, 0.3) is 0 Å². The summed E-state index contributed by atoms with van der Waals surface area (Å²) in [6.07, 6.45) is 2.21. The Morgan fingerprint density at radius 1 is 1.15 bits per heavy atom. The molecule has 1 saturated heterocycles. The molecular weight excluding hydrogens is 350 g/mol. The number of hydrogen-bond acceptors (Lipinski definition) is 6. The Bertz CT molecular complexity index is 784. The van der Waals surface area contributed by atoms with Crippen molar-refractivity contribution >= 4 is 23.7 Å². The molecular formula is C20H23NO4S. The molecule has 2 aliphatic heterocycles. The number of fused-ring (bicyclic) bond motifs is 3. The van der Waals surface area contributed by atoms with Crippen LogP contribution in [0, 0.1) is 0 Å². The normalized spacial score (nSPS) is 26.2. The number of ether oxygens (including phenoxy) is 2. The standard InChI is InChI=1S/C20H23NO4S/c1-3-24-18(22)16-17(21-11-7-8-12-21)15-13-9-5-6-10-14(13)26-20(15,16)19(23)25-4-2/h5-6,9-10,15H,3-4,7-8,11-12H2,1-2H3/t15-,20-/m0/s1. The van der Waals surface area contributed by atoms with E-state index in [1.165, 1.54) is 11.8 Å². The predicted molar refractivity (Wildman–Crippen MR) is 98.9 cm³/mol. The minimum Gasteiger partial charge on any atom is -0.465 e. The molecule has 1 aromatic rings. The fourth-order valence-corrected chi connectivity index (χ4v) is 5.90. The molecule has 4 rings (SSSR count). The second-order valence-corrected chi connectivity index (χ2v) is 7.99. The molecule has 0 unspecified atom stereocenters. The molecule has 138 valence electrons. The third kappa shape index (κ3) is 2.31. The average molecular weight is 373 g/mol. The average Bonchev–Trinajstić information content (AvgIpc) is 3.22. The van der Waals surface area contributed by atoms with Gasteiger partial charge < -0.3 is 14.4 Å². The van der Waals surface area contributed by atoms with E-state index in [4.69, 9.17) is 9.47 Å². The van der Waals surface area contributed by atoms with Crippen molar-refractivity contribution in [3.63, 3.8) is 0 Å². The van der Waals surface area contributed by atoms with Gasteiger partial charge in [0.25, 0.3) is 0 Å². The van der Waals surface area contributed by atoms with Crippen molar-refractivity contribution in [2.75, 3.05) is 26.3 Å². The molecule has 5 nitrogen and oxygen atoms in total. The van der Waals surface area contributed by atoms with Crippen LogP contribution in [-0.4, -0.2) is 47.9 Å². The fourth-order valence-electron chi connectivity index (χ4n) is 4.31. The first-order valence-corrected chi connectivity index (χ1v) is 10.1. The van der Waals surface area contributed by atoms with E-state index >= 15 is 0 Å². The van der Waals surface area contributed by atoms with Gasteiger partial charge in [0.15, 0.2) is 4.75 Å². The summed E-state index contributed by atoms with van der Waals surface area (Å²) in [4.78, 5) is 29.2. The van der Waals surface area contributed by atoms with Gasteiger partial charge in [-0.3, -0.25) is 4.79 Å². The molecule has 1 aromatic carbocycles. The van der Waals surface area contributed by atoms with Crippen LogP contribution in [0.5, 0.6) is 0 Å². The summed E-state index contributed by atoms with van der Waals surface area (Å²) in [5.41, 5.74) is 2.57. The van der Waals surface area contributed by atoms with Crippen molar-refractivity contribution < 1.29 is 19.1 Å². The Hall–Kier alpha value is -1.95. The Morgan fingerprint density at radius 3 is 2.54 bits per heavy atom. The fraction of sp³-hybridized carbons (Fsp3) is 0.500. The molecule has 1 fully saturated rings. The van der Waals surface area contributed by atoms with Crippen molar-refractivity contribution in [2.45, 2.75) is 42.2 Å². The molecule has 1 aliphatic carbocycles. The van der Waals surface area contributed by atoms with Gasteiger partial charge in [-0.15, -0.1) is 11.8 Å². The number of rotatable bonds is 5. The highest BCUT2D eigenvalue weighted by Gasteiger charge is 2.69. The Morgan fingerprint density at radius 2 is 1.85 bits per heavy atom. The molecule has 0 N–H and O–H groups in total. The molecule has 0 radical (unpaired) electrons. The number of likely N-dealkylation sites (tertiary alicyclic amines) is 1. The lowest BCUT2D eigenvalue weighted by atomic mass is 9.66. The van der Waals surface area contributed by atoms with E-state index < -0.39 is 4.75 Å². The SMILES string of the molecule is CCOC(=O)C1=C(N2CCCC2)[C@@H]2c3ccccc3S[C@]12C(=O)OCC. The quantitative estimate of drug-likeness (QED) is 0.739. The summed E-state index contributed by atoms with van der Waals surface area (Å²) in [7, 11) is 0. The van der Waals surface area contributed by atoms with E-state index in [1.807, 2.05) is 18.2 Å². The van der Waals surface area contributed by atoms with Gasteiger partial charge in [-0.25, -0.2) is 4.79 Å². The summed E-state index contributed by atoms with van der Waals surface area (Å²) in [6.45, 7) is 6.00. The zero-order valence-corrected chi connectivity index (χ0v) is 15.9. The third-order valence-corrected chi connectivity index (χ3v) is 6.83. The van der Waals surface area contributed by atoms with Gasteiger partial charge >= 0.3 is 11.9 Å². The summed E-state index contributed by atoms with van der Waals surface area (Å²) in [5, 5.41) is 0. The Labute approximate surface area is 157 Å². The van der Waals surface area contributed by atoms with E-state index in [0.29, 0.717) is 12.2 Å². The number of thioether (sulfide) groups is 1. The maximum Gasteiger partial charge on any atom is 0.337 e. The lowest BCUT2D eigenvalue weighted by Crippen LogP contribution is -2.56. The lowest BCUT2D eigenvalue weighted by molar-refractivity contribution is -0.150. The second-order valence-electron chi connectivity index (χ2n) is 6.70. The van der Waals surface area contributed by atoms with Crippen molar-refractivity contribution in [1.82, 2.24) is 4.90 Å². The van der Waals surface area contributed by atoms with E-state index in [9.17, 15) is 9.59 Å². The van der Waals surface area contributed by atoms with Crippen LogP contribution < -0.4 is 0 Å². The molecule has 6 heteroatoms. The molecule has 0 bridgehead atoms. The molecule has 0 amide bonds. The Balaban J connectivity index is 1.87. The maximum atomic E-state index is 13.1. The summed E-state index contributed by atoms with van der Waals surface area (Å²) in [6, 6.07) is 8.04. The van der Waals surface area contributed by atoms with Crippen LogP contribution >= 0.6 is 11.8 Å². The maximum absolute atomic E-state index is 13.1. The molecule has 0 spiro atoms. The third-order valence-electron chi connectivity index (χ3n) is 5.31. The number of benzene rings is 1. The predicted octanol–water partition coefficient (Wildman–Crippen LogP) is 3.10. The van der Waals surface area contributed by atoms with Crippen molar-refractivity contribution in [1.29, 1.82) is 0 Å². The molecule has 2 atom stereocenters. The smallest absolute Gasteiger partial charge is 0.337 e. The van der Waals surface area contributed by atoms with Gasteiger partial charge in [0, 0.05) is 23.7 Å². The van der Waals surface area contributed by atoms with Crippen LogP contribution in [0.1, 0.15) is 38.2 Å². The molecule has 2 heterocycles. The molecule has 0 aromatic heterocycles. The Kier molecular flexibility index (Phi) is 4.47. The molecule has 3 aliphatic rings. The first-order chi connectivity index (χ1) is 12.6. The van der Waals surface area contributed by atoms with Gasteiger partial charge in [0.05, 0.1) is 24.7 Å². The van der Waals surface area contributed by atoms with Gasteiger partial charge in [-0.05, 0) is 38.3 Å². The number of carbonyl (C=O) groups is 2. The number of carbonyl (C=O) groups excluding carboxylic acids is 2. The first-order valence-electron chi connectivity index (χ1n) is 9.27. The van der Waals surface area contributed by atoms with Crippen molar-refractivity contribution in [3.8, 4) is 0 Å². The van der Waals surface area contributed by atoms with Crippen LogP contribution in [-0.2, 0) is 19.1 Å². The van der Waals surface area contributed by atoms with Gasteiger partial charge in [-0.2, -0.15) is 0 Å². The highest BCUT2D eigenvalue weighted by atomic mass is 32.2. The van der Waals surface area contributed by atoms with Gasteiger partial charge in [0.2, 0.25) is 0 Å². The number of hydrogen-bond donors (Lipinski definition) is 0. The number of nitrogens with zero attached hydrogens (tertiary/aromatic N) is 1. The van der Waals surface area contributed by atoms with Crippen LogP contribution in [0.4, 0.5) is 0 Å². The van der Waals surface area contributed by atoms with Crippen LogP contribution in [0.3, 0.4) is 0 Å². The molecule has 0 saturated carbocycles. The number of esters is 2. The van der Waals surface area contributed by atoms with Crippen molar-refractivity contribution in [3.05, 3.63) is 41.1 Å². The largest absolute Gasteiger partial charge is 0.465 e. The van der Waals surface area contributed by atoms with E-state index in [2.05, 4.69) is 11.0 Å². The summed E-state index contributed by atoms with van der Waals surface area (Å²) < 4.78 is 9.77. The monoisotopic (exact) mass is 373 g/mol. The number of allylic oxidation sites excluding steroid dienone is 1. The molecule has 26 heavy (non-hydrogen) atoms. The highest BCUT2D eigenvalue weighted by molar-refractivity contribution is 8.02. The zero-order valence-electron chi connectivity index (χ0n) is 15.1. The first kappa shape index (κ1) is 17.5. The van der Waals surface area contributed by atoms with Crippen molar-refractivity contribution in [2.24, 2.45) is 0 Å². The minimum atomic E-state index is -1.01. The van der Waals surface area contributed by atoms with Gasteiger partial charge in [0.1, 0.15) is 0 Å². The van der Waals surface area contributed by atoms with Crippen LogP contribution in [0.2, 0.25) is 0 Å². The van der Waals surface area contributed by atoms with E-state index in [0.717, 1.165) is 42.1 Å². The zero-order chi connectivity index (χ0) is 18.3. The second kappa shape index (κ2) is 6.65. The lowest BCUT2D eigenvalue weighted by Gasteiger charge is -2.48. The topological polar surface area (TPSA) is 55.8 Å². The summed E-state index contributed by atoms with van der Waals surface area (Å²) in [5.74, 6) is -0.864.